The smallest absolute Gasteiger partial charge is 0.0398 e. The van der Waals surface area contributed by atoms with E-state index in [1.807, 2.05) is 0 Å². The van der Waals surface area contributed by atoms with Crippen molar-refractivity contribution in [3.05, 3.63) is 35.4 Å². The summed E-state index contributed by atoms with van der Waals surface area (Å²) in [4.78, 5) is 0. The second-order valence-corrected chi connectivity index (χ2v) is 2.16. The van der Waals surface area contributed by atoms with Crippen LogP contribution in [0.4, 0.5) is 0 Å². The first kappa shape index (κ1) is 22.6. The minimum absolute atomic E-state index is 0. The highest BCUT2D eigenvalue weighted by atomic mass is 35.5. The zero-order chi connectivity index (χ0) is 5.98. The number of hydrogen-bond acceptors (Lipinski definition) is 0. The van der Waals surface area contributed by atoms with Crippen molar-refractivity contribution < 1.29 is 24.8 Å². The maximum absolute atomic E-state index is 2.17. The predicted octanol–water partition coefficient (Wildman–Crippen LogP) is -2.94. The van der Waals surface area contributed by atoms with Crippen LogP contribution in [0, 0.1) is 13.8 Å². The maximum Gasteiger partial charge on any atom is -0.0398 e. The number of halogens is 2. The lowest BCUT2D eigenvalue weighted by molar-refractivity contribution is -0.001000. The van der Waals surface area contributed by atoms with E-state index in [4.69, 9.17) is 0 Å². The molecule has 0 aliphatic heterocycles. The van der Waals surface area contributed by atoms with Crippen molar-refractivity contribution in [2.45, 2.75) is 13.8 Å². The van der Waals surface area contributed by atoms with Gasteiger partial charge in [0, 0.05) is 0 Å². The van der Waals surface area contributed by atoms with E-state index in [1.54, 1.807) is 0 Å². The number of aryl methyl sites for hydroxylation is 2. The van der Waals surface area contributed by atoms with Crippen LogP contribution in [0.3, 0.4) is 0 Å². The van der Waals surface area contributed by atoms with Gasteiger partial charge in [0.05, 0.1) is 0 Å². The third kappa shape index (κ3) is 7.82. The van der Waals surface area contributed by atoms with Crippen LogP contribution in [0.2, 0.25) is 0 Å². The molecule has 0 atom stereocenters. The summed E-state index contributed by atoms with van der Waals surface area (Å²) in [5, 5.41) is 0. The molecule has 0 bridgehead atoms. The van der Waals surface area contributed by atoms with Crippen LogP contribution < -0.4 is 37.1 Å². The summed E-state index contributed by atoms with van der Waals surface area (Å²) in [7, 11) is 0. The van der Waals surface area contributed by atoms with Crippen LogP contribution in [-0.2, 0) is 0 Å². The van der Waals surface area contributed by atoms with E-state index in [0.29, 0.717) is 0 Å². The van der Waals surface area contributed by atoms with E-state index in [1.165, 1.54) is 11.1 Å². The van der Waals surface area contributed by atoms with Gasteiger partial charge in [-0.25, -0.2) is 0 Å². The zero-order valence-electron chi connectivity index (χ0n) is 8.07. The van der Waals surface area contributed by atoms with Crippen LogP contribution in [0.1, 0.15) is 11.1 Å². The number of hydrogen-bond donors (Lipinski definition) is 2. The van der Waals surface area contributed by atoms with Crippen molar-refractivity contribution in [3.8, 4) is 0 Å². The molecule has 0 aromatic heterocycles. The molecule has 0 aliphatic rings. The van der Waals surface area contributed by atoms with E-state index in [2.05, 4.69) is 38.1 Å². The van der Waals surface area contributed by atoms with E-state index in [0.717, 1.165) is 0 Å². The van der Waals surface area contributed by atoms with Gasteiger partial charge in [-0.3, -0.25) is 0 Å². The maximum atomic E-state index is 2.17. The van der Waals surface area contributed by atoms with Crippen LogP contribution >= 0.6 is 0 Å². The van der Waals surface area contributed by atoms with Crippen molar-refractivity contribution in [2.75, 3.05) is 0 Å². The van der Waals surface area contributed by atoms with E-state index >= 15 is 0 Å². The monoisotopic (exact) mass is 212 g/mol. The first-order chi connectivity index (χ1) is 3.79. The largest absolute Gasteiger partial charge is 1.00 e. The second kappa shape index (κ2) is 10.7. The Labute approximate surface area is 86.7 Å². The average Bonchev–Trinajstić information content (AvgIpc) is 1.64. The molecule has 1 rings (SSSR count). The Balaban J connectivity index is -0.0000000800. The van der Waals surface area contributed by atoms with Crippen molar-refractivity contribution in [3.63, 3.8) is 0 Å². The van der Waals surface area contributed by atoms with Crippen molar-refractivity contribution in [1.29, 1.82) is 0 Å². The molecule has 8 N–H and O–H groups in total. The van der Waals surface area contributed by atoms with Gasteiger partial charge >= 0.3 is 0 Å². The Bertz CT molecular complexity index is 175. The van der Waals surface area contributed by atoms with E-state index in [-0.39, 0.29) is 37.1 Å². The third-order valence-corrected chi connectivity index (χ3v) is 1.17. The van der Waals surface area contributed by atoms with Crippen molar-refractivity contribution in [1.82, 2.24) is 12.3 Å². The molecule has 1 aromatic carbocycles. The van der Waals surface area contributed by atoms with Gasteiger partial charge in [0.2, 0.25) is 0 Å². The molecule has 0 amide bonds. The first-order valence-electron chi connectivity index (χ1n) is 2.82. The van der Waals surface area contributed by atoms with Crippen LogP contribution in [0.25, 0.3) is 0 Å². The van der Waals surface area contributed by atoms with Crippen molar-refractivity contribution >= 4 is 0 Å². The molecule has 0 radical (unpaired) electrons. The molecule has 4 heteroatoms. The molecule has 12 heavy (non-hydrogen) atoms. The van der Waals surface area contributed by atoms with Gasteiger partial charge in [-0.15, -0.1) is 0 Å². The van der Waals surface area contributed by atoms with Crippen LogP contribution in [0.15, 0.2) is 24.3 Å². The normalized spacial score (nSPS) is 6.17. The third-order valence-electron chi connectivity index (χ3n) is 1.17. The highest BCUT2D eigenvalue weighted by Gasteiger charge is 1.80. The molecular weight excluding hydrogens is 195 g/mol. The molecule has 1 aromatic rings. The average molecular weight is 213 g/mol. The minimum Gasteiger partial charge on any atom is -1.00 e. The molecule has 0 spiro atoms. The lowest BCUT2D eigenvalue weighted by Gasteiger charge is -1.90. The second-order valence-electron chi connectivity index (χ2n) is 2.16. The molecule has 74 valence electrons. The lowest BCUT2D eigenvalue weighted by Crippen LogP contribution is -3.00. The highest BCUT2D eigenvalue weighted by Crippen LogP contribution is 2.00. The van der Waals surface area contributed by atoms with Gasteiger partial charge in [0.1, 0.15) is 0 Å². The highest BCUT2D eigenvalue weighted by molar-refractivity contribution is 5.20. The fraction of sp³-hybridized carbons (Fsp3) is 0.250. The Morgan fingerprint density at radius 2 is 1.17 bits per heavy atom. The van der Waals surface area contributed by atoms with Crippen LogP contribution in [-0.4, -0.2) is 0 Å². The van der Waals surface area contributed by atoms with Gasteiger partial charge in [-0.1, -0.05) is 35.4 Å². The SMILES string of the molecule is Cc1cccc(C)c1.[Cl-].[Cl-].[NH4+].[NH4+]. The molecular formula is C8H18Cl2N2. The Morgan fingerprint density at radius 1 is 0.833 bits per heavy atom. The molecule has 0 saturated carbocycles. The van der Waals surface area contributed by atoms with Gasteiger partial charge < -0.3 is 37.1 Å². The van der Waals surface area contributed by atoms with E-state index < -0.39 is 0 Å². The molecule has 0 unspecified atom stereocenters. The molecule has 0 aliphatic carbocycles. The predicted molar refractivity (Wildman–Crippen MR) is 47.9 cm³/mol. The minimum atomic E-state index is 0. The Morgan fingerprint density at radius 3 is 1.33 bits per heavy atom. The summed E-state index contributed by atoms with van der Waals surface area (Å²) in [5.74, 6) is 0. The quantitative estimate of drug-likeness (QED) is 0.463. The summed E-state index contributed by atoms with van der Waals surface area (Å²) < 4.78 is 0. The zero-order valence-corrected chi connectivity index (χ0v) is 9.58. The topological polar surface area (TPSA) is 73.0 Å². The van der Waals surface area contributed by atoms with Crippen LogP contribution in [0.5, 0.6) is 0 Å². The molecule has 0 saturated heterocycles. The summed E-state index contributed by atoms with van der Waals surface area (Å²) >= 11 is 0. The summed E-state index contributed by atoms with van der Waals surface area (Å²) in [6.45, 7) is 4.21. The van der Waals surface area contributed by atoms with Gasteiger partial charge in [0.15, 0.2) is 0 Å². The summed E-state index contributed by atoms with van der Waals surface area (Å²) in [5.41, 5.74) is 2.68. The number of rotatable bonds is 0. The van der Waals surface area contributed by atoms with Gasteiger partial charge in [0.25, 0.3) is 0 Å². The lowest BCUT2D eigenvalue weighted by atomic mass is 10.2. The van der Waals surface area contributed by atoms with Gasteiger partial charge in [-0.05, 0) is 13.8 Å². The Kier molecular flexibility index (Phi) is 20.2. The number of benzene rings is 1. The number of quaternary nitrogens is 2. The standard InChI is InChI=1S/C8H10.2ClH.2H3N/c1-7-4-3-5-8(2)6-7;;;;/h3-6H,1-2H3;2*1H;2*1H3. The molecule has 0 fully saturated rings. The first-order valence-corrected chi connectivity index (χ1v) is 2.82. The summed E-state index contributed by atoms with van der Waals surface area (Å²) in [6, 6.07) is 8.45. The van der Waals surface area contributed by atoms with Gasteiger partial charge in [-0.2, -0.15) is 0 Å². The fourth-order valence-corrected chi connectivity index (χ4v) is 0.807. The molecule has 0 heterocycles. The fourth-order valence-electron chi connectivity index (χ4n) is 0.807. The Hall–Kier alpha value is -0.280. The molecule has 2 nitrogen and oxygen atoms in total. The van der Waals surface area contributed by atoms with E-state index in [9.17, 15) is 0 Å². The summed E-state index contributed by atoms with van der Waals surface area (Å²) in [6.07, 6.45) is 0. The van der Waals surface area contributed by atoms with Crippen molar-refractivity contribution in [2.24, 2.45) is 0 Å².